The quantitative estimate of drug-likeness (QED) is 0.802. The second-order valence-electron chi connectivity index (χ2n) is 5.02. The molecule has 0 unspecified atom stereocenters. The summed E-state index contributed by atoms with van der Waals surface area (Å²) in [6.45, 7) is 3.13. The number of hydrogen-bond donors (Lipinski definition) is 0. The van der Waals surface area contributed by atoms with Crippen LogP contribution in [0, 0.1) is 11.8 Å². The van der Waals surface area contributed by atoms with Crippen LogP contribution in [-0.4, -0.2) is 29.3 Å². The Kier molecular flexibility index (Phi) is 5.01. The molecule has 2 rings (SSSR count). The van der Waals surface area contributed by atoms with E-state index >= 15 is 0 Å². The lowest BCUT2D eigenvalue weighted by Crippen LogP contribution is -2.30. The van der Waals surface area contributed by atoms with E-state index < -0.39 is 0 Å². The largest absolute Gasteiger partial charge is 0.445 e. The van der Waals surface area contributed by atoms with Gasteiger partial charge in [0.25, 0.3) is 0 Å². The number of hydrogen-bond acceptors (Lipinski definition) is 3. The molecule has 0 aliphatic carbocycles. The lowest BCUT2D eigenvalue weighted by Gasteiger charge is -2.16. The van der Waals surface area contributed by atoms with E-state index in [-0.39, 0.29) is 29.8 Å². The normalized spacial score (nSPS) is 21.8. The van der Waals surface area contributed by atoms with Gasteiger partial charge in [0.2, 0.25) is 5.24 Å². The molecule has 0 saturated carbocycles. The summed E-state index contributed by atoms with van der Waals surface area (Å²) in [7, 11) is 0. The highest BCUT2D eigenvalue weighted by Gasteiger charge is 2.38. The number of amides is 1. The third-order valence-electron chi connectivity index (χ3n) is 3.72. The second-order valence-corrected chi connectivity index (χ2v) is 5.40. The highest BCUT2D eigenvalue weighted by molar-refractivity contribution is 6.64. The monoisotopic (exact) mass is 295 g/mol. The number of rotatable bonds is 4. The summed E-state index contributed by atoms with van der Waals surface area (Å²) in [5, 5.41) is -0.366. The van der Waals surface area contributed by atoms with Gasteiger partial charge in [0.1, 0.15) is 6.61 Å². The first-order valence-electron chi connectivity index (χ1n) is 6.76. The Hall–Kier alpha value is -1.55. The Bertz CT molecular complexity index is 477. The minimum absolute atomic E-state index is 0.129. The number of carbonyl (C=O) groups is 2. The van der Waals surface area contributed by atoms with E-state index in [1.807, 2.05) is 37.3 Å². The minimum atomic E-state index is -0.382. The van der Waals surface area contributed by atoms with Crippen LogP contribution in [0.3, 0.4) is 0 Å². The van der Waals surface area contributed by atoms with Crippen LogP contribution in [-0.2, 0) is 16.1 Å². The first-order valence-corrected chi connectivity index (χ1v) is 7.14. The molecular weight excluding hydrogens is 278 g/mol. The Morgan fingerprint density at radius 1 is 1.30 bits per heavy atom. The number of halogens is 1. The van der Waals surface area contributed by atoms with Crippen molar-refractivity contribution in [2.45, 2.75) is 20.0 Å². The average Bonchev–Trinajstić information content (AvgIpc) is 2.90. The van der Waals surface area contributed by atoms with Crippen LogP contribution in [0.25, 0.3) is 0 Å². The molecule has 5 heteroatoms. The predicted molar refractivity (Wildman–Crippen MR) is 76.3 cm³/mol. The standard InChI is InChI=1S/C15H18ClNO3/c1-2-12-8-17(9-13(12)14(16)18)15(19)20-10-11-6-4-3-5-7-11/h3-7,12-13H,2,8-10H2,1H3/t12-,13+/m0/s1. The predicted octanol–water partition coefficient (Wildman–Crippen LogP) is 3.05. The topological polar surface area (TPSA) is 46.6 Å². The van der Waals surface area contributed by atoms with Gasteiger partial charge >= 0.3 is 6.09 Å². The van der Waals surface area contributed by atoms with Gasteiger partial charge in [-0.3, -0.25) is 4.79 Å². The lowest BCUT2D eigenvalue weighted by molar-refractivity contribution is -0.115. The third-order valence-corrected chi connectivity index (χ3v) is 4.00. The van der Waals surface area contributed by atoms with Crippen molar-refractivity contribution in [1.29, 1.82) is 0 Å². The Labute approximate surface area is 123 Å². The molecule has 2 atom stereocenters. The zero-order chi connectivity index (χ0) is 14.5. The number of benzene rings is 1. The van der Waals surface area contributed by atoms with Gasteiger partial charge < -0.3 is 9.64 Å². The Balaban J connectivity index is 1.89. The summed E-state index contributed by atoms with van der Waals surface area (Å²) in [4.78, 5) is 24.9. The van der Waals surface area contributed by atoms with Crippen LogP contribution >= 0.6 is 11.6 Å². The molecule has 108 valence electrons. The van der Waals surface area contributed by atoms with E-state index in [0.29, 0.717) is 13.1 Å². The van der Waals surface area contributed by atoms with Crippen molar-refractivity contribution in [2.75, 3.05) is 13.1 Å². The van der Waals surface area contributed by atoms with Gasteiger partial charge in [-0.1, -0.05) is 43.7 Å². The molecule has 1 aliphatic rings. The first-order chi connectivity index (χ1) is 9.61. The third kappa shape index (κ3) is 3.51. The van der Waals surface area contributed by atoms with Gasteiger partial charge in [-0.25, -0.2) is 4.79 Å². The summed E-state index contributed by atoms with van der Waals surface area (Å²) in [5.41, 5.74) is 0.942. The Morgan fingerprint density at radius 2 is 2.00 bits per heavy atom. The van der Waals surface area contributed by atoms with E-state index in [1.54, 1.807) is 4.90 Å². The lowest BCUT2D eigenvalue weighted by atomic mass is 9.95. The molecule has 1 heterocycles. The van der Waals surface area contributed by atoms with Crippen molar-refractivity contribution in [3.63, 3.8) is 0 Å². The molecule has 1 saturated heterocycles. The zero-order valence-electron chi connectivity index (χ0n) is 11.4. The molecule has 1 aliphatic heterocycles. The number of ether oxygens (including phenoxy) is 1. The van der Waals surface area contributed by atoms with Gasteiger partial charge in [0.15, 0.2) is 0 Å². The molecule has 0 spiro atoms. The molecule has 0 bridgehead atoms. The molecule has 20 heavy (non-hydrogen) atoms. The maximum atomic E-state index is 12.0. The highest BCUT2D eigenvalue weighted by atomic mass is 35.5. The molecule has 0 aromatic heterocycles. The van der Waals surface area contributed by atoms with E-state index in [0.717, 1.165) is 12.0 Å². The summed E-state index contributed by atoms with van der Waals surface area (Å²) < 4.78 is 5.27. The maximum Gasteiger partial charge on any atom is 0.410 e. The van der Waals surface area contributed by atoms with Crippen molar-refractivity contribution in [3.05, 3.63) is 35.9 Å². The molecule has 0 radical (unpaired) electrons. The summed E-state index contributed by atoms with van der Waals surface area (Å²) >= 11 is 5.58. The van der Waals surface area contributed by atoms with Crippen LogP contribution in [0.4, 0.5) is 4.79 Å². The summed E-state index contributed by atoms with van der Waals surface area (Å²) in [5.74, 6) is -0.143. The molecule has 1 amide bonds. The zero-order valence-corrected chi connectivity index (χ0v) is 12.2. The minimum Gasteiger partial charge on any atom is -0.445 e. The number of carbonyl (C=O) groups excluding carboxylic acids is 2. The first kappa shape index (κ1) is 14.9. The molecule has 0 N–H and O–H groups in total. The fourth-order valence-electron chi connectivity index (χ4n) is 2.50. The fourth-order valence-corrected chi connectivity index (χ4v) is 2.75. The molecule has 1 aromatic rings. The molecule has 1 fully saturated rings. The van der Waals surface area contributed by atoms with Crippen LogP contribution in [0.1, 0.15) is 18.9 Å². The van der Waals surface area contributed by atoms with Crippen molar-refractivity contribution < 1.29 is 14.3 Å². The van der Waals surface area contributed by atoms with Crippen LogP contribution in [0.5, 0.6) is 0 Å². The Morgan fingerprint density at radius 3 is 2.55 bits per heavy atom. The molecule has 1 aromatic carbocycles. The van der Waals surface area contributed by atoms with Crippen LogP contribution in [0.15, 0.2) is 30.3 Å². The van der Waals surface area contributed by atoms with Gasteiger partial charge in [-0.15, -0.1) is 0 Å². The molecule has 4 nitrogen and oxygen atoms in total. The highest BCUT2D eigenvalue weighted by Crippen LogP contribution is 2.28. The second kappa shape index (κ2) is 6.75. The number of likely N-dealkylation sites (tertiary alicyclic amines) is 1. The van der Waals surface area contributed by atoms with Crippen molar-refractivity contribution >= 4 is 22.9 Å². The smallest absolute Gasteiger partial charge is 0.410 e. The van der Waals surface area contributed by atoms with E-state index in [9.17, 15) is 9.59 Å². The molecular formula is C15H18ClNO3. The summed E-state index contributed by atoms with van der Waals surface area (Å²) in [6, 6.07) is 9.51. The van der Waals surface area contributed by atoms with E-state index in [2.05, 4.69) is 0 Å². The fraction of sp³-hybridized carbons (Fsp3) is 0.467. The van der Waals surface area contributed by atoms with E-state index in [1.165, 1.54) is 0 Å². The van der Waals surface area contributed by atoms with Crippen LogP contribution in [0.2, 0.25) is 0 Å². The van der Waals surface area contributed by atoms with Crippen molar-refractivity contribution in [2.24, 2.45) is 11.8 Å². The van der Waals surface area contributed by atoms with Gasteiger partial charge in [-0.2, -0.15) is 0 Å². The average molecular weight is 296 g/mol. The van der Waals surface area contributed by atoms with Gasteiger partial charge in [0.05, 0.1) is 5.92 Å². The van der Waals surface area contributed by atoms with Crippen molar-refractivity contribution in [1.82, 2.24) is 4.90 Å². The van der Waals surface area contributed by atoms with Gasteiger partial charge in [-0.05, 0) is 23.1 Å². The van der Waals surface area contributed by atoms with Crippen LogP contribution < -0.4 is 0 Å². The van der Waals surface area contributed by atoms with E-state index in [4.69, 9.17) is 16.3 Å². The SMILES string of the molecule is CC[C@H]1CN(C(=O)OCc2ccccc2)C[C@H]1C(=O)Cl. The number of nitrogens with zero attached hydrogens (tertiary/aromatic N) is 1. The van der Waals surface area contributed by atoms with Crippen molar-refractivity contribution in [3.8, 4) is 0 Å². The summed E-state index contributed by atoms with van der Waals surface area (Å²) in [6.07, 6.45) is 0.443. The van der Waals surface area contributed by atoms with Gasteiger partial charge in [0, 0.05) is 13.1 Å². The maximum absolute atomic E-state index is 12.0.